The zero-order valence-corrected chi connectivity index (χ0v) is 23.0. The van der Waals surface area contributed by atoms with E-state index < -0.39 is 21.6 Å². The number of aryl methyl sites for hydroxylation is 1. The second-order valence-corrected chi connectivity index (χ2v) is 12.5. The van der Waals surface area contributed by atoms with Gasteiger partial charge in [-0.1, -0.05) is 18.2 Å². The Hall–Kier alpha value is -3.47. The van der Waals surface area contributed by atoms with Crippen LogP contribution in [0.3, 0.4) is 0 Å². The lowest BCUT2D eigenvalue weighted by molar-refractivity contribution is 0.100. The van der Waals surface area contributed by atoms with Gasteiger partial charge < -0.3 is 9.15 Å². The Bertz CT molecular complexity index is 1640. The van der Waals surface area contributed by atoms with Crippen molar-refractivity contribution in [2.45, 2.75) is 44.8 Å². The highest BCUT2D eigenvalue weighted by molar-refractivity contribution is 7.90. The van der Waals surface area contributed by atoms with Crippen molar-refractivity contribution >= 4 is 27.0 Å². The summed E-state index contributed by atoms with van der Waals surface area (Å²) in [5, 5.41) is 0. The Morgan fingerprint density at radius 2 is 1.90 bits per heavy atom. The summed E-state index contributed by atoms with van der Waals surface area (Å²) in [6.07, 6.45) is 1.28. The summed E-state index contributed by atoms with van der Waals surface area (Å²) < 4.78 is 55.3. The summed E-state index contributed by atoms with van der Waals surface area (Å²) in [6.45, 7) is 5.74. The molecule has 10 heteroatoms. The summed E-state index contributed by atoms with van der Waals surface area (Å²) in [7, 11) is -2.14. The normalized spacial score (nSPS) is 23.6. The molecule has 2 saturated heterocycles. The number of ether oxygens (including phenoxy) is 1. The number of rotatable bonds is 5. The molecular formula is C29H31FN4O4S. The number of likely N-dealkylation sites (N-methyl/N-ethyl adjacent to an activating group) is 1. The Labute approximate surface area is 227 Å². The van der Waals surface area contributed by atoms with Crippen LogP contribution >= 0.6 is 0 Å². The standard InChI is InChI=1S/C29H31FN4O4S/c1-20-17-29(19-32(3)39(35,36)34(29)24-8-5-7-23(30)15-24)12-13-33(20)18-22-6-4-9-25(14-22)38-26-10-11-27-28(16-26)37-21(2)31-27/h4-11,14-16,20H,12-13,17-19H2,1-3H3/t20-,29+/m0/s1. The molecule has 204 valence electrons. The maximum Gasteiger partial charge on any atom is 0.304 e. The number of oxazole rings is 1. The fraction of sp³-hybridized carbons (Fsp3) is 0.345. The molecule has 39 heavy (non-hydrogen) atoms. The van der Waals surface area contributed by atoms with Crippen LogP contribution in [0.2, 0.25) is 0 Å². The number of hydrogen-bond donors (Lipinski definition) is 0. The van der Waals surface area contributed by atoms with Crippen molar-refractivity contribution in [2.24, 2.45) is 0 Å². The molecule has 4 aromatic rings. The fourth-order valence-electron chi connectivity index (χ4n) is 6.03. The SMILES string of the molecule is Cc1nc2ccc(Oc3cccc(CN4CC[C@@]5(C[C@@H]4C)CN(C)S(=O)(=O)N5c4cccc(F)c4)c3)cc2o1. The van der Waals surface area contributed by atoms with E-state index in [4.69, 9.17) is 9.15 Å². The molecule has 2 atom stereocenters. The van der Waals surface area contributed by atoms with Crippen LogP contribution in [-0.2, 0) is 16.8 Å². The van der Waals surface area contributed by atoms with Gasteiger partial charge in [0.05, 0.1) is 11.2 Å². The number of nitrogens with zero attached hydrogens (tertiary/aromatic N) is 4. The van der Waals surface area contributed by atoms with Crippen LogP contribution in [0.25, 0.3) is 11.1 Å². The topological polar surface area (TPSA) is 79.1 Å². The zero-order chi connectivity index (χ0) is 27.4. The molecule has 2 aliphatic heterocycles. The van der Waals surface area contributed by atoms with Gasteiger partial charge in [0.1, 0.15) is 22.8 Å². The maximum absolute atomic E-state index is 14.1. The summed E-state index contributed by atoms with van der Waals surface area (Å²) in [4.78, 5) is 6.69. The first-order valence-electron chi connectivity index (χ1n) is 13.0. The van der Waals surface area contributed by atoms with Crippen molar-refractivity contribution < 1.29 is 22.0 Å². The summed E-state index contributed by atoms with van der Waals surface area (Å²) in [6, 6.07) is 19.6. The van der Waals surface area contributed by atoms with Crippen molar-refractivity contribution in [3.05, 3.63) is 84.0 Å². The molecule has 0 aliphatic carbocycles. The van der Waals surface area contributed by atoms with E-state index in [2.05, 4.69) is 22.9 Å². The highest BCUT2D eigenvalue weighted by Crippen LogP contribution is 2.44. The second-order valence-electron chi connectivity index (χ2n) is 10.6. The van der Waals surface area contributed by atoms with Gasteiger partial charge in [0.25, 0.3) is 0 Å². The smallest absolute Gasteiger partial charge is 0.304 e. The van der Waals surface area contributed by atoms with E-state index in [1.165, 1.54) is 20.7 Å². The number of likely N-dealkylation sites (tertiary alicyclic amines) is 1. The summed E-state index contributed by atoms with van der Waals surface area (Å²) in [5.74, 6) is 1.57. The highest BCUT2D eigenvalue weighted by atomic mass is 32.2. The zero-order valence-electron chi connectivity index (χ0n) is 22.2. The molecule has 0 radical (unpaired) electrons. The van der Waals surface area contributed by atoms with Gasteiger partial charge in [-0.05, 0) is 67.8 Å². The molecule has 3 aromatic carbocycles. The van der Waals surface area contributed by atoms with E-state index in [-0.39, 0.29) is 6.04 Å². The third-order valence-electron chi connectivity index (χ3n) is 7.76. The number of anilines is 1. The first-order chi connectivity index (χ1) is 18.6. The summed E-state index contributed by atoms with van der Waals surface area (Å²) in [5.41, 5.74) is 2.33. The van der Waals surface area contributed by atoms with Crippen LogP contribution in [0.5, 0.6) is 11.5 Å². The lowest BCUT2D eigenvalue weighted by Crippen LogP contribution is -2.57. The van der Waals surface area contributed by atoms with Crippen LogP contribution in [0.4, 0.5) is 10.1 Å². The molecule has 0 saturated carbocycles. The predicted molar refractivity (Wildman–Crippen MR) is 148 cm³/mol. The molecular weight excluding hydrogens is 519 g/mol. The van der Waals surface area contributed by atoms with Crippen molar-refractivity contribution in [1.29, 1.82) is 0 Å². The minimum atomic E-state index is -3.74. The quantitative estimate of drug-likeness (QED) is 0.327. The predicted octanol–water partition coefficient (Wildman–Crippen LogP) is 5.49. The van der Waals surface area contributed by atoms with Crippen LogP contribution < -0.4 is 9.04 Å². The minimum Gasteiger partial charge on any atom is -0.457 e. The average molecular weight is 551 g/mol. The molecule has 1 aromatic heterocycles. The lowest BCUT2D eigenvalue weighted by Gasteiger charge is -2.47. The highest BCUT2D eigenvalue weighted by Gasteiger charge is 2.55. The van der Waals surface area contributed by atoms with E-state index in [9.17, 15) is 12.8 Å². The van der Waals surface area contributed by atoms with Crippen molar-refractivity contribution in [2.75, 3.05) is 24.4 Å². The van der Waals surface area contributed by atoms with Crippen LogP contribution in [-0.4, -0.2) is 54.3 Å². The number of halogens is 1. The Morgan fingerprint density at radius 3 is 2.69 bits per heavy atom. The fourth-order valence-corrected chi connectivity index (χ4v) is 7.81. The number of piperidine rings is 1. The molecule has 0 unspecified atom stereocenters. The van der Waals surface area contributed by atoms with Gasteiger partial charge >= 0.3 is 10.2 Å². The third kappa shape index (κ3) is 4.77. The van der Waals surface area contributed by atoms with Gasteiger partial charge in [-0.3, -0.25) is 9.21 Å². The maximum atomic E-state index is 14.1. The number of benzene rings is 3. The second kappa shape index (κ2) is 9.62. The monoisotopic (exact) mass is 550 g/mol. The van der Waals surface area contributed by atoms with Crippen molar-refractivity contribution in [1.82, 2.24) is 14.2 Å². The molecule has 1 spiro atoms. The van der Waals surface area contributed by atoms with Crippen LogP contribution in [0.15, 0.2) is 71.1 Å². The summed E-state index contributed by atoms with van der Waals surface area (Å²) >= 11 is 0. The Morgan fingerprint density at radius 1 is 1.10 bits per heavy atom. The van der Waals surface area contributed by atoms with Crippen LogP contribution in [0.1, 0.15) is 31.2 Å². The Kier molecular flexibility index (Phi) is 6.36. The van der Waals surface area contributed by atoms with E-state index in [0.29, 0.717) is 55.4 Å². The van der Waals surface area contributed by atoms with Gasteiger partial charge in [-0.15, -0.1) is 0 Å². The molecule has 0 amide bonds. The molecule has 0 bridgehead atoms. The molecule has 8 nitrogen and oxygen atoms in total. The minimum absolute atomic E-state index is 0.109. The third-order valence-corrected chi connectivity index (χ3v) is 9.74. The van der Waals surface area contributed by atoms with Crippen molar-refractivity contribution in [3.63, 3.8) is 0 Å². The molecule has 2 aliphatic rings. The van der Waals surface area contributed by atoms with Gasteiger partial charge in [-0.2, -0.15) is 12.7 Å². The lowest BCUT2D eigenvalue weighted by atomic mass is 9.82. The molecule has 3 heterocycles. The molecule has 0 N–H and O–H groups in total. The van der Waals surface area contributed by atoms with Gasteiger partial charge in [0.2, 0.25) is 0 Å². The first kappa shape index (κ1) is 25.8. The number of aromatic nitrogens is 1. The average Bonchev–Trinajstić information content (AvgIpc) is 3.33. The van der Waals surface area contributed by atoms with Gasteiger partial charge in [-0.25, -0.2) is 9.37 Å². The van der Waals surface area contributed by atoms with E-state index in [0.717, 1.165) is 16.8 Å². The van der Waals surface area contributed by atoms with Gasteiger partial charge in [0, 0.05) is 45.7 Å². The van der Waals surface area contributed by atoms with Gasteiger partial charge in [0.15, 0.2) is 11.5 Å². The van der Waals surface area contributed by atoms with E-state index >= 15 is 0 Å². The number of fused-ring (bicyclic) bond motifs is 1. The Balaban J connectivity index is 1.18. The van der Waals surface area contributed by atoms with E-state index in [1.54, 1.807) is 19.2 Å². The molecule has 2 fully saturated rings. The number of hydrogen-bond acceptors (Lipinski definition) is 6. The largest absolute Gasteiger partial charge is 0.457 e. The van der Waals surface area contributed by atoms with Crippen molar-refractivity contribution in [3.8, 4) is 11.5 Å². The van der Waals surface area contributed by atoms with Crippen LogP contribution in [0, 0.1) is 12.7 Å². The first-order valence-corrected chi connectivity index (χ1v) is 14.4. The van der Waals surface area contributed by atoms with E-state index in [1.807, 2.05) is 43.3 Å². The molecule has 6 rings (SSSR count).